The van der Waals surface area contributed by atoms with Gasteiger partial charge in [-0.15, -0.1) is 0 Å². The summed E-state index contributed by atoms with van der Waals surface area (Å²) in [5, 5.41) is 2.71. The van der Waals surface area contributed by atoms with Crippen molar-refractivity contribution in [1.29, 1.82) is 0 Å². The van der Waals surface area contributed by atoms with E-state index in [-0.39, 0.29) is 12.3 Å². The fourth-order valence-corrected chi connectivity index (χ4v) is 3.11. The van der Waals surface area contributed by atoms with Crippen molar-refractivity contribution in [2.45, 2.75) is 12.5 Å². The van der Waals surface area contributed by atoms with Gasteiger partial charge in [0.15, 0.2) is 0 Å². The summed E-state index contributed by atoms with van der Waals surface area (Å²) in [5.74, 6) is -0.946. The van der Waals surface area contributed by atoms with Crippen LogP contribution in [0.15, 0.2) is 77.5 Å². The van der Waals surface area contributed by atoms with Gasteiger partial charge in [-0.05, 0) is 50.8 Å². The molecular weight excluding hydrogens is 406 g/mol. The number of primary amides is 1. The average Bonchev–Trinajstić information content (AvgIpc) is 2.69. The molecule has 5 nitrogen and oxygen atoms in total. The molecule has 1 atom stereocenters. The number of pyridine rings is 1. The van der Waals surface area contributed by atoms with Gasteiger partial charge in [0.05, 0.1) is 0 Å². The minimum absolute atomic E-state index is 0.262. The van der Waals surface area contributed by atoms with Crippen molar-refractivity contribution < 1.29 is 9.59 Å². The van der Waals surface area contributed by atoms with Crippen LogP contribution in [0.1, 0.15) is 15.9 Å². The Morgan fingerprint density at radius 2 is 1.63 bits per heavy atom. The van der Waals surface area contributed by atoms with Crippen molar-refractivity contribution in [3.63, 3.8) is 0 Å². The lowest BCUT2D eigenvalue weighted by atomic mass is 10.0. The molecule has 0 saturated carbocycles. The number of halogens is 1. The fraction of sp³-hybridized carbons (Fsp3) is 0.0952. The summed E-state index contributed by atoms with van der Waals surface area (Å²) in [6.45, 7) is 0. The number of carbonyl (C=O) groups excluding carboxylic acids is 2. The molecule has 1 aromatic heterocycles. The predicted molar refractivity (Wildman–Crippen MR) is 108 cm³/mol. The number of hydrogen-bond acceptors (Lipinski definition) is 3. The molecule has 0 fully saturated rings. The summed E-state index contributed by atoms with van der Waals surface area (Å²) in [5.41, 5.74) is 8.81. The number of carbonyl (C=O) groups is 2. The average molecular weight is 424 g/mol. The maximum atomic E-state index is 12.5. The molecule has 2 aromatic carbocycles. The minimum Gasteiger partial charge on any atom is -0.368 e. The molecule has 3 aromatic rings. The summed E-state index contributed by atoms with van der Waals surface area (Å²) in [4.78, 5) is 28.4. The normalized spacial score (nSPS) is 11.6. The zero-order valence-electron chi connectivity index (χ0n) is 14.4. The molecule has 0 unspecified atom stereocenters. The Hall–Kier alpha value is -2.99. The standard InChI is InChI=1S/C21H18BrN3O2/c22-19-17(7-4-12-24-19)13-18(20(23)26)25-21(27)16-10-8-15(9-11-16)14-5-2-1-3-6-14/h1-12,18H,13H2,(H2,23,26)(H,25,27)/t18-/m0/s1. The lowest BCUT2D eigenvalue weighted by Gasteiger charge is -2.16. The molecule has 0 aliphatic rings. The Labute approximate surface area is 165 Å². The van der Waals surface area contributed by atoms with Crippen LogP contribution in [0.5, 0.6) is 0 Å². The second-order valence-corrected chi connectivity index (χ2v) is 6.78. The lowest BCUT2D eigenvalue weighted by molar-refractivity contribution is -0.119. The lowest BCUT2D eigenvalue weighted by Crippen LogP contribution is -2.45. The maximum absolute atomic E-state index is 12.5. The van der Waals surface area contributed by atoms with Crippen molar-refractivity contribution in [2.24, 2.45) is 5.73 Å². The molecule has 3 N–H and O–H groups in total. The molecule has 0 spiro atoms. The number of nitrogens with two attached hydrogens (primary N) is 1. The van der Waals surface area contributed by atoms with Gasteiger partial charge in [-0.1, -0.05) is 48.5 Å². The van der Waals surface area contributed by atoms with Gasteiger partial charge in [0.25, 0.3) is 5.91 Å². The van der Waals surface area contributed by atoms with Crippen molar-refractivity contribution in [2.75, 3.05) is 0 Å². The molecule has 0 radical (unpaired) electrons. The Morgan fingerprint density at radius 3 is 2.26 bits per heavy atom. The quantitative estimate of drug-likeness (QED) is 0.596. The van der Waals surface area contributed by atoms with Crippen LogP contribution in [0.25, 0.3) is 11.1 Å². The summed E-state index contributed by atoms with van der Waals surface area (Å²) in [7, 11) is 0. The third kappa shape index (κ3) is 4.80. The van der Waals surface area contributed by atoms with Crippen LogP contribution < -0.4 is 11.1 Å². The van der Waals surface area contributed by atoms with E-state index in [9.17, 15) is 9.59 Å². The Bertz CT molecular complexity index is 943. The second kappa shape index (κ2) is 8.60. The van der Waals surface area contributed by atoms with Gasteiger partial charge in [0.1, 0.15) is 10.6 Å². The van der Waals surface area contributed by atoms with E-state index < -0.39 is 11.9 Å². The van der Waals surface area contributed by atoms with Crippen molar-refractivity contribution in [1.82, 2.24) is 10.3 Å². The molecule has 0 aliphatic heterocycles. The van der Waals surface area contributed by atoms with Gasteiger partial charge in [-0.3, -0.25) is 9.59 Å². The zero-order valence-corrected chi connectivity index (χ0v) is 16.0. The number of rotatable bonds is 6. The molecule has 136 valence electrons. The predicted octanol–water partition coefficient (Wildman–Crippen LogP) is 3.34. The first-order valence-corrected chi connectivity index (χ1v) is 9.19. The first-order chi connectivity index (χ1) is 13.0. The Morgan fingerprint density at radius 1 is 0.963 bits per heavy atom. The third-order valence-corrected chi connectivity index (χ3v) is 4.88. The molecular formula is C21H18BrN3O2. The topological polar surface area (TPSA) is 85.1 Å². The smallest absolute Gasteiger partial charge is 0.251 e. The van der Waals surface area contributed by atoms with Crippen LogP contribution in [0.4, 0.5) is 0 Å². The Balaban J connectivity index is 1.72. The molecule has 0 bridgehead atoms. The van der Waals surface area contributed by atoms with Gasteiger partial charge < -0.3 is 11.1 Å². The van der Waals surface area contributed by atoms with Gasteiger partial charge in [-0.25, -0.2) is 4.98 Å². The largest absolute Gasteiger partial charge is 0.368 e. The molecule has 3 rings (SSSR count). The van der Waals surface area contributed by atoms with Crippen molar-refractivity contribution >= 4 is 27.7 Å². The highest BCUT2D eigenvalue weighted by Gasteiger charge is 2.20. The first kappa shape index (κ1) is 18.8. The molecule has 2 amide bonds. The van der Waals surface area contributed by atoms with E-state index in [0.29, 0.717) is 10.2 Å². The zero-order chi connectivity index (χ0) is 19.2. The number of amides is 2. The summed E-state index contributed by atoms with van der Waals surface area (Å²) >= 11 is 3.34. The number of aromatic nitrogens is 1. The summed E-state index contributed by atoms with van der Waals surface area (Å²) < 4.78 is 0.623. The van der Waals surface area contributed by atoms with Crippen LogP contribution in [-0.2, 0) is 11.2 Å². The van der Waals surface area contributed by atoms with E-state index in [0.717, 1.165) is 16.7 Å². The van der Waals surface area contributed by atoms with E-state index in [1.807, 2.05) is 48.5 Å². The number of nitrogens with zero attached hydrogens (tertiary/aromatic N) is 1. The Kier molecular flexibility index (Phi) is 5.98. The van der Waals surface area contributed by atoms with E-state index in [1.165, 1.54) is 0 Å². The maximum Gasteiger partial charge on any atom is 0.251 e. The monoisotopic (exact) mass is 423 g/mol. The van der Waals surface area contributed by atoms with Gasteiger partial charge in [-0.2, -0.15) is 0 Å². The van der Waals surface area contributed by atoms with Gasteiger partial charge >= 0.3 is 0 Å². The van der Waals surface area contributed by atoms with Crippen LogP contribution in [0.3, 0.4) is 0 Å². The van der Waals surface area contributed by atoms with E-state index in [2.05, 4.69) is 26.2 Å². The number of benzene rings is 2. The molecule has 6 heteroatoms. The molecule has 0 aliphatic carbocycles. The van der Waals surface area contributed by atoms with E-state index in [4.69, 9.17) is 5.73 Å². The van der Waals surface area contributed by atoms with Gasteiger partial charge in [0, 0.05) is 18.2 Å². The summed E-state index contributed by atoms with van der Waals surface area (Å²) in [6.07, 6.45) is 1.90. The van der Waals surface area contributed by atoms with Crippen LogP contribution in [0.2, 0.25) is 0 Å². The first-order valence-electron chi connectivity index (χ1n) is 8.39. The summed E-state index contributed by atoms with van der Waals surface area (Å²) in [6, 6.07) is 19.9. The molecule has 0 saturated heterocycles. The highest BCUT2D eigenvalue weighted by Crippen LogP contribution is 2.19. The van der Waals surface area contributed by atoms with E-state index in [1.54, 1.807) is 24.4 Å². The third-order valence-electron chi connectivity index (χ3n) is 4.16. The number of hydrogen-bond donors (Lipinski definition) is 2. The van der Waals surface area contributed by atoms with Crippen LogP contribution in [0, 0.1) is 0 Å². The second-order valence-electron chi connectivity index (χ2n) is 6.03. The van der Waals surface area contributed by atoms with Crippen molar-refractivity contribution in [3.05, 3.63) is 88.7 Å². The fourth-order valence-electron chi connectivity index (χ4n) is 2.70. The van der Waals surface area contributed by atoms with Crippen LogP contribution in [-0.4, -0.2) is 22.8 Å². The SMILES string of the molecule is NC(=O)[C@H](Cc1cccnc1Br)NC(=O)c1ccc(-c2ccccc2)cc1. The van der Waals surface area contributed by atoms with Crippen molar-refractivity contribution in [3.8, 4) is 11.1 Å². The molecule has 27 heavy (non-hydrogen) atoms. The molecule has 1 heterocycles. The highest BCUT2D eigenvalue weighted by atomic mass is 79.9. The highest BCUT2D eigenvalue weighted by molar-refractivity contribution is 9.10. The number of nitrogens with one attached hydrogen (secondary N) is 1. The van der Waals surface area contributed by atoms with Gasteiger partial charge in [0.2, 0.25) is 5.91 Å². The van der Waals surface area contributed by atoms with Crippen LogP contribution >= 0.6 is 15.9 Å². The minimum atomic E-state index is -0.827. The van der Waals surface area contributed by atoms with E-state index >= 15 is 0 Å².